The van der Waals surface area contributed by atoms with E-state index in [0.717, 1.165) is 24.4 Å². The highest BCUT2D eigenvalue weighted by Gasteiger charge is 2.18. The first kappa shape index (κ1) is 15.5. The van der Waals surface area contributed by atoms with E-state index in [1.54, 1.807) is 10.7 Å². The van der Waals surface area contributed by atoms with Crippen LogP contribution in [0.15, 0.2) is 30.6 Å². The van der Waals surface area contributed by atoms with Gasteiger partial charge in [-0.05, 0) is 25.0 Å². The van der Waals surface area contributed by atoms with Gasteiger partial charge in [0.2, 0.25) is 5.91 Å². The number of hydrogen-bond donors (Lipinski definition) is 1. The zero-order chi connectivity index (χ0) is 15.2. The highest BCUT2D eigenvalue weighted by molar-refractivity contribution is 6.31. The number of carbonyl (C=O) groups excluding carboxylic acids is 1. The second-order valence-corrected chi connectivity index (χ2v) is 5.14. The molecule has 1 N–H and O–H groups in total. The quantitative estimate of drug-likeness (QED) is 0.892. The summed E-state index contributed by atoms with van der Waals surface area (Å²) in [5.74, 6) is 0.716. The van der Waals surface area contributed by atoms with Crippen LogP contribution in [0.25, 0.3) is 0 Å². The van der Waals surface area contributed by atoms with E-state index >= 15 is 0 Å². The summed E-state index contributed by atoms with van der Waals surface area (Å²) in [5, 5.41) is 7.75. The predicted octanol–water partition coefficient (Wildman–Crippen LogP) is 2.76. The molecule has 2 aromatic rings. The molecule has 0 saturated carbocycles. The van der Waals surface area contributed by atoms with Crippen LogP contribution in [0.4, 0.5) is 0 Å². The Labute approximate surface area is 129 Å². The SMILES string of the molecule is CCC(NC(=O)Cc1ccccc1Cl)c1ncnn1CC. The van der Waals surface area contributed by atoms with Crippen LogP contribution in [-0.2, 0) is 17.8 Å². The summed E-state index contributed by atoms with van der Waals surface area (Å²) in [6.07, 6.45) is 2.53. The minimum Gasteiger partial charge on any atom is -0.346 e. The monoisotopic (exact) mass is 306 g/mol. The lowest BCUT2D eigenvalue weighted by Crippen LogP contribution is -2.31. The molecule has 1 aromatic carbocycles. The lowest BCUT2D eigenvalue weighted by Gasteiger charge is -2.17. The van der Waals surface area contributed by atoms with Gasteiger partial charge >= 0.3 is 0 Å². The molecule has 0 fully saturated rings. The Morgan fingerprint density at radius 3 is 2.81 bits per heavy atom. The lowest BCUT2D eigenvalue weighted by atomic mass is 10.1. The molecule has 1 atom stereocenters. The molecule has 1 heterocycles. The van der Waals surface area contributed by atoms with Crippen molar-refractivity contribution in [2.75, 3.05) is 0 Å². The summed E-state index contributed by atoms with van der Waals surface area (Å²) < 4.78 is 1.80. The van der Waals surface area contributed by atoms with Crippen molar-refractivity contribution in [2.24, 2.45) is 0 Å². The maximum atomic E-state index is 12.2. The van der Waals surface area contributed by atoms with Gasteiger partial charge in [0.1, 0.15) is 12.2 Å². The van der Waals surface area contributed by atoms with Crippen molar-refractivity contribution in [2.45, 2.75) is 39.3 Å². The van der Waals surface area contributed by atoms with Gasteiger partial charge in [-0.2, -0.15) is 5.10 Å². The third-order valence-electron chi connectivity index (χ3n) is 3.31. The van der Waals surface area contributed by atoms with Crippen LogP contribution >= 0.6 is 11.6 Å². The van der Waals surface area contributed by atoms with Crippen molar-refractivity contribution >= 4 is 17.5 Å². The third kappa shape index (κ3) is 3.82. The Morgan fingerprint density at radius 2 is 2.14 bits per heavy atom. The van der Waals surface area contributed by atoms with Gasteiger partial charge < -0.3 is 5.32 Å². The van der Waals surface area contributed by atoms with Crippen molar-refractivity contribution < 1.29 is 4.79 Å². The molecular weight excluding hydrogens is 288 g/mol. The molecule has 112 valence electrons. The Balaban J connectivity index is 2.05. The predicted molar refractivity (Wildman–Crippen MR) is 82.0 cm³/mol. The second kappa shape index (κ2) is 7.22. The van der Waals surface area contributed by atoms with Crippen LogP contribution in [0, 0.1) is 0 Å². The molecule has 5 nitrogen and oxygen atoms in total. The number of aryl methyl sites for hydroxylation is 1. The van der Waals surface area contributed by atoms with E-state index in [0.29, 0.717) is 5.02 Å². The molecule has 1 amide bonds. The molecule has 21 heavy (non-hydrogen) atoms. The smallest absolute Gasteiger partial charge is 0.225 e. The number of nitrogens with zero attached hydrogens (tertiary/aromatic N) is 3. The summed E-state index contributed by atoms with van der Waals surface area (Å²) in [6.45, 7) is 4.73. The van der Waals surface area contributed by atoms with Crippen molar-refractivity contribution in [1.29, 1.82) is 0 Å². The highest BCUT2D eigenvalue weighted by Crippen LogP contribution is 2.17. The maximum absolute atomic E-state index is 12.2. The van der Waals surface area contributed by atoms with Crippen LogP contribution in [0.2, 0.25) is 5.02 Å². The number of amides is 1. The van der Waals surface area contributed by atoms with Crippen molar-refractivity contribution in [3.05, 3.63) is 47.0 Å². The van der Waals surface area contributed by atoms with Crippen LogP contribution in [0.1, 0.15) is 37.7 Å². The molecule has 0 aliphatic rings. The zero-order valence-corrected chi connectivity index (χ0v) is 13.0. The lowest BCUT2D eigenvalue weighted by molar-refractivity contribution is -0.121. The molecule has 2 rings (SSSR count). The fraction of sp³-hybridized carbons (Fsp3) is 0.400. The van der Waals surface area contributed by atoms with E-state index in [2.05, 4.69) is 15.4 Å². The van der Waals surface area contributed by atoms with Crippen molar-refractivity contribution in [1.82, 2.24) is 20.1 Å². The molecule has 6 heteroatoms. The Morgan fingerprint density at radius 1 is 1.38 bits per heavy atom. The standard InChI is InChI=1S/C15H19ClN4O/c1-3-13(15-17-10-18-20(15)4-2)19-14(21)9-11-7-5-6-8-12(11)16/h5-8,10,13H,3-4,9H2,1-2H3,(H,19,21). The molecule has 0 aliphatic carbocycles. The highest BCUT2D eigenvalue weighted by atomic mass is 35.5. The van der Waals surface area contributed by atoms with Crippen LogP contribution in [-0.4, -0.2) is 20.7 Å². The molecule has 0 saturated heterocycles. The Kier molecular flexibility index (Phi) is 5.33. The summed E-state index contributed by atoms with van der Waals surface area (Å²) in [7, 11) is 0. The molecule has 0 aliphatic heterocycles. The molecule has 0 bridgehead atoms. The number of carbonyl (C=O) groups is 1. The number of aromatic nitrogens is 3. The van der Waals surface area contributed by atoms with Crippen molar-refractivity contribution in [3.8, 4) is 0 Å². The van der Waals surface area contributed by atoms with E-state index in [1.807, 2.05) is 32.0 Å². The number of halogens is 1. The molecule has 1 unspecified atom stereocenters. The van der Waals surface area contributed by atoms with E-state index < -0.39 is 0 Å². The van der Waals surface area contributed by atoms with Gasteiger partial charge in [-0.15, -0.1) is 0 Å². The zero-order valence-electron chi connectivity index (χ0n) is 12.2. The number of rotatable bonds is 6. The Hall–Kier alpha value is -1.88. The fourth-order valence-corrected chi connectivity index (χ4v) is 2.40. The third-order valence-corrected chi connectivity index (χ3v) is 3.68. The Bertz CT molecular complexity index is 611. The van der Waals surface area contributed by atoms with Gasteiger partial charge in [0.15, 0.2) is 0 Å². The normalized spacial score (nSPS) is 12.1. The van der Waals surface area contributed by atoms with Gasteiger partial charge in [-0.25, -0.2) is 9.67 Å². The first-order valence-corrected chi connectivity index (χ1v) is 7.44. The van der Waals surface area contributed by atoms with Gasteiger partial charge in [-0.1, -0.05) is 36.7 Å². The minimum absolute atomic E-state index is 0.0689. The molecule has 1 aromatic heterocycles. The molecule has 0 radical (unpaired) electrons. The van der Waals surface area contributed by atoms with Crippen molar-refractivity contribution in [3.63, 3.8) is 0 Å². The minimum atomic E-state index is -0.137. The summed E-state index contributed by atoms with van der Waals surface area (Å²) in [6, 6.07) is 7.23. The summed E-state index contributed by atoms with van der Waals surface area (Å²) >= 11 is 6.08. The molecular formula is C15H19ClN4O. The fourth-order valence-electron chi connectivity index (χ4n) is 2.20. The van der Waals surface area contributed by atoms with E-state index in [1.165, 1.54) is 6.33 Å². The second-order valence-electron chi connectivity index (χ2n) is 4.73. The van der Waals surface area contributed by atoms with Crippen LogP contribution in [0.3, 0.4) is 0 Å². The average molecular weight is 307 g/mol. The maximum Gasteiger partial charge on any atom is 0.225 e. The molecule has 0 spiro atoms. The number of benzene rings is 1. The van der Waals surface area contributed by atoms with Gasteiger partial charge in [0.05, 0.1) is 12.5 Å². The van der Waals surface area contributed by atoms with Crippen LogP contribution < -0.4 is 5.32 Å². The van der Waals surface area contributed by atoms with Gasteiger partial charge in [0.25, 0.3) is 0 Å². The average Bonchev–Trinajstić information content (AvgIpc) is 2.95. The first-order chi connectivity index (χ1) is 10.2. The van der Waals surface area contributed by atoms with Crippen LogP contribution in [0.5, 0.6) is 0 Å². The number of nitrogens with one attached hydrogen (secondary N) is 1. The topological polar surface area (TPSA) is 59.8 Å². The van der Waals surface area contributed by atoms with Gasteiger partial charge in [0, 0.05) is 11.6 Å². The van der Waals surface area contributed by atoms with E-state index in [4.69, 9.17) is 11.6 Å². The first-order valence-electron chi connectivity index (χ1n) is 7.06. The van der Waals surface area contributed by atoms with E-state index in [9.17, 15) is 4.79 Å². The number of hydrogen-bond acceptors (Lipinski definition) is 3. The summed E-state index contributed by atoms with van der Waals surface area (Å²) in [4.78, 5) is 16.4. The van der Waals surface area contributed by atoms with Gasteiger partial charge in [-0.3, -0.25) is 4.79 Å². The largest absolute Gasteiger partial charge is 0.346 e. The van der Waals surface area contributed by atoms with E-state index in [-0.39, 0.29) is 18.4 Å². The summed E-state index contributed by atoms with van der Waals surface area (Å²) in [5.41, 5.74) is 0.823.